The maximum absolute atomic E-state index is 10.7. The molecule has 0 rings (SSSR count). The zero-order chi connectivity index (χ0) is 11.8. The number of hydrogen-bond acceptors (Lipinski definition) is 6. The molecule has 0 saturated heterocycles. The molecule has 0 aromatic carbocycles. The highest BCUT2D eigenvalue weighted by atomic mass is 16.6. The number of aliphatic carboxylic acids is 1. The standard InChI is InChI=1S/C8H16N2O5/c9-3-5(15-7(12)4-11)1-2-6(10)8(13)14/h5-6,11H,1-4,9-10H2,(H,13,14)/t5-,6+/m1/s1. The second-order valence-electron chi connectivity index (χ2n) is 3.03. The summed E-state index contributed by atoms with van der Waals surface area (Å²) < 4.78 is 4.72. The van der Waals surface area contributed by atoms with E-state index in [0.29, 0.717) is 0 Å². The Kier molecular flexibility index (Phi) is 6.59. The van der Waals surface area contributed by atoms with Gasteiger partial charge in [-0.1, -0.05) is 0 Å². The monoisotopic (exact) mass is 220 g/mol. The normalized spacial score (nSPS) is 14.3. The fourth-order valence-corrected chi connectivity index (χ4v) is 0.937. The Morgan fingerprint density at radius 3 is 2.33 bits per heavy atom. The highest BCUT2D eigenvalue weighted by Crippen LogP contribution is 2.04. The summed E-state index contributed by atoms with van der Waals surface area (Å²) >= 11 is 0. The van der Waals surface area contributed by atoms with E-state index in [4.69, 9.17) is 26.4 Å². The van der Waals surface area contributed by atoms with Crippen LogP contribution in [0.4, 0.5) is 0 Å². The molecule has 0 bridgehead atoms. The van der Waals surface area contributed by atoms with Crippen LogP contribution in [0.15, 0.2) is 0 Å². The van der Waals surface area contributed by atoms with E-state index in [2.05, 4.69) is 0 Å². The van der Waals surface area contributed by atoms with Crippen LogP contribution in [0.3, 0.4) is 0 Å². The molecule has 0 aromatic rings. The average Bonchev–Trinajstić information content (AvgIpc) is 2.22. The number of aliphatic hydroxyl groups is 1. The lowest BCUT2D eigenvalue weighted by Gasteiger charge is -2.16. The van der Waals surface area contributed by atoms with Crippen molar-refractivity contribution in [3.05, 3.63) is 0 Å². The summed E-state index contributed by atoms with van der Waals surface area (Å²) in [4.78, 5) is 21.1. The van der Waals surface area contributed by atoms with Gasteiger partial charge in [0.1, 0.15) is 18.8 Å². The maximum atomic E-state index is 10.7. The van der Waals surface area contributed by atoms with Gasteiger partial charge in [0.05, 0.1) is 0 Å². The van der Waals surface area contributed by atoms with Gasteiger partial charge in [-0.15, -0.1) is 0 Å². The van der Waals surface area contributed by atoms with Gasteiger partial charge in [-0.2, -0.15) is 0 Å². The minimum absolute atomic E-state index is 0.0675. The fourth-order valence-electron chi connectivity index (χ4n) is 0.937. The van der Waals surface area contributed by atoms with Gasteiger partial charge in [0.2, 0.25) is 0 Å². The largest absolute Gasteiger partial charge is 0.480 e. The highest BCUT2D eigenvalue weighted by Gasteiger charge is 2.17. The molecule has 0 fully saturated rings. The summed E-state index contributed by atoms with van der Waals surface area (Å²) in [5, 5.41) is 16.9. The minimum atomic E-state index is -1.11. The van der Waals surface area contributed by atoms with Crippen LogP contribution in [-0.2, 0) is 14.3 Å². The third-order valence-electron chi connectivity index (χ3n) is 1.81. The molecule has 0 aliphatic heterocycles. The summed E-state index contributed by atoms with van der Waals surface area (Å²) in [6.07, 6.45) is -0.180. The molecule has 0 aromatic heterocycles. The number of carboxylic acid groups (broad SMARTS) is 1. The molecule has 6 N–H and O–H groups in total. The third kappa shape index (κ3) is 6.00. The van der Waals surface area contributed by atoms with E-state index in [-0.39, 0.29) is 19.4 Å². The van der Waals surface area contributed by atoms with E-state index in [1.54, 1.807) is 0 Å². The van der Waals surface area contributed by atoms with E-state index >= 15 is 0 Å². The van der Waals surface area contributed by atoms with Gasteiger partial charge in [-0.3, -0.25) is 4.79 Å². The van der Waals surface area contributed by atoms with E-state index in [9.17, 15) is 9.59 Å². The van der Waals surface area contributed by atoms with E-state index in [1.807, 2.05) is 0 Å². The molecule has 0 saturated carbocycles. The molecule has 7 heteroatoms. The van der Waals surface area contributed by atoms with Crippen molar-refractivity contribution in [2.24, 2.45) is 11.5 Å². The predicted molar refractivity (Wildman–Crippen MR) is 50.9 cm³/mol. The van der Waals surface area contributed by atoms with Crippen LogP contribution < -0.4 is 11.5 Å². The van der Waals surface area contributed by atoms with Crippen molar-refractivity contribution in [1.29, 1.82) is 0 Å². The smallest absolute Gasteiger partial charge is 0.332 e. The van der Waals surface area contributed by atoms with Crippen molar-refractivity contribution >= 4 is 11.9 Å². The molecular formula is C8H16N2O5. The quantitative estimate of drug-likeness (QED) is 0.366. The van der Waals surface area contributed by atoms with Crippen LogP contribution >= 0.6 is 0 Å². The fraction of sp³-hybridized carbons (Fsp3) is 0.750. The van der Waals surface area contributed by atoms with Gasteiger partial charge in [-0.05, 0) is 12.8 Å². The Balaban J connectivity index is 3.89. The lowest BCUT2D eigenvalue weighted by Crippen LogP contribution is -2.34. The van der Waals surface area contributed by atoms with Crippen LogP contribution in [0.1, 0.15) is 12.8 Å². The Hall–Kier alpha value is -1.18. The van der Waals surface area contributed by atoms with Crippen LogP contribution in [0.2, 0.25) is 0 Å². The number of esters is 1. The van der Waals surface area contributed by atoms with Gasteiger partial charge < -0.3 is 26.4 Å². The Bertz CT molecular complexity index is 221. The number of carbonyl (C=O) groups excluding carboxylic acids is 1. The van der Waals surface area contributed by atoms with Crippen LogP contribution in [0.25, 0.3) is 0 Å². The molecule has 0 amide bonds. The first-order valence-corrected chi connectivity index (χ1v) is 4.50. The summed E-state index contributed by atoms with van der Waals surface area (Å²) in [7, 11) is 0. The Labute approximate surface area is 87.0 Å². The van der Waals surface area contributed by atoms with Crippen LogP contribution in [0.5, 0.6) is 0 Å². The third-order valence-corrected chi connectivity index (χ3v) is 1.81. The van der Waals surface area contributed by atoms with Gasteiger partial charge in [0, 0.05) is 6.54 Å². The number of carboxylic acids is 1. The zero-order valence-corrected chi connectivity index (χ0v) is 8.26. The van der Waals surface area contributed by atoms with Crippen molar-refractivity contribution in [2.75, 3.05) is 13.2 Å². The number of aliphatic hydroxyl groups excluding tert-OH is 1. The van der Waals surface area contributed by atoms with Gasteiger partial charge in [0.15, 0.2) is 0 Å². The lowest BCUT2D eigenvalue weighted by molar-refractivity contribution is -0.152. The van der Waals surface area contributed by atoms with E-state index in [0.717, 1.165) is 0 Å². The molecule has 0 aliphatic carbocycles. The molecule has 15 heavy (non-hydrogen) atoms. The van der Waals surface area contributed by atoms with E-state index < -0.39 is 30.7 Å². The minimum Gasteiger partial charge on any atom is -0.480 e. The number of rotatable bonds is 7. The summed E-state index contributed by atoms with van der Waals surface area (Å²) in [5.74, 6) is -1.89. The van der Waals surface area contributed by atoms with Gasteiger partial charge in [-0.25, -0.2) is 4.79 Å². The van der Waals surface area contributed by atoms with Crippen molar-refractivity contribution in [2.45, 2.75) is 25.0 Å². The molecule has 88 valence electrons. The van der Waals surface area contributed by atoms with Crippen molar-refractivity contribution < 1.29 is 24.5 Å². The zero-order valence-electron chi connectivity index (χ0n) is 8.26. The lowest BCUT2D eigenvalue weighted by atomic mass is 10.1. The second kappa shape index (κ2) is 7.16. The summed E-state index contributed by atoms with van der Waals surface area (Å²) in [6, 6.07) is -0.994. The van der Waals surface area contributed by atoms with Crippen molar-refractivity contribution in [3.8, 4) is 0 Å². The average molecular weight is 220 g/mol. The first-order chi connectivity index (χ1) is 7.01. The maximum Gasteiger partial charge on any atom is 0.332 e. The molecule has 0 heterocycles. The van der Waals surface area contributed by atoms with Crippen LogP contribution in [-0.4, -0.2) is 47.4 Å². The number of carbonyl (C=O) groups is 2. The molecule has 0 unspecified atom stereocenters. The molecule has 0 spiro atoms. The molecule has 0 aliphatic rings. The number of ether oxygens (including phenoxy) is 1. The van der Waals surface area contributed by atoms with Crippen LogP contribution in [0, 0.1) is 0 Å². The highest BCUT2D eigenvalue weighted by molar-refractivity contribution is 5.73. The number of nitrogens with two attached hydrogens (primary N) is 2. The second-order valence-corrected chi connectivity index (χ2v) is 3.03. The summed E-state index contributed by atoms with van der Waals surface area (Å²) in [6.45, 7) is -0.653. The SMILES string of the molecule is NC[C@@H](CC[C@H](N)C(=O)O)OC(=O)CO. The van der Waals surface area contributed by atoms with E-state index in [1.165, 1.54) is 0 Å². The Morgan fingerprint density at radius 2 is 1.93 bits per heavy atom. The molecule has 2 atom stereocenters. The van der Waals surface area contributed by atoms with Gasteiger partial charge >= 0.3 is 11.9 Å². The molecular weight excluding hydrogens is 204 g/mol. The molecule has 7 nitrogen and oxygen atoms in total. The first kappa shape index (κ1) is 13.8. The predicted octanol–water partition coefficient (Wildman–Crippen LogP) is -1.96. The number of hydrogen-bond donors (Lipinski definition) is 4. The topological polar surface area (TPSA) is 136 Å². The first-order valence-electron chi connectivity index (χ1n) is 4.50. The Morgan fingerprint density at radius 1 is 1.33 bits per heavy atom. The van der Waals surface area contributed by atoms with Crippen molar-refractivity contribution in [1.82, 2.24) is 0 Å². The van der Waals surface area contributed by atoms with Crippen molar-refractivity contribution in [3.63, 3.8) is 0 Å². The summed E-state index contributed by atoms with van der Waals surface area (Å²) in [5.41, 5.74) is 10.5. The van der Waals surface area contributed by atoms with Gasteiger partial charge in [0.25, 0.3) is 0 Å². The molecule has 0 radical (unpaired) electrons.